The minimum absolute atomic E-state index is 0.169. The van der Waals surface area contributed by atoms with E-state index in [2.05, 4.69) is 16.9 Å². The number of aromatic nitrogens is 3. The van der Waals surface area contributed by atoms with Crippen molar-refractivity contribution in [2.45, 2.75) is 32.7 Å². The van der Waals surface area contributed by atoms with Crippen molar-refractivity contribution in [2.75, 3.05) is 0 Å². The van der Waals surface area contributed by atoms with Crippen molar-refractivity contribution in [3.05, 3.63) is 69.7 Å². The van der Waals surface area contributed by atoms with Gasteiger partial charge < -0.3 is 0 Å². The van der Waals surface area contributed by atoms with Crippen molar-refractivity contribution in [1.82, 2.24) is 14.5 Å². The van der Waals surface area contributed by atoms with E-state index in [4.69, 9.17) is 0 Å². The first-order valence-electron chi connectivity index (χ1n) is 8.23. The highest BCUT2D eigenvalue weighted by atomic mass is 19.1. The molecule has 122 valence electrons. The Hall–Kier alpha value is -2.56. The van der Waals surface area contributed by atoms with Crippen LogP contribution in [0.4, 0.5) is 4.39 Å². The quantitative estimate of drug-likeness (QED) is 0.728. The Kier molecular flexibility index (Phi) is 3.63. The van der Waals surface area contributed by atoms with E-state index in [1.807, 2.05) is 6.07 Å². The lowest BCUT2D eigenvalue weighted by molar-refractivity contribution is 0.495. The van der Waals surface area contributed by atoms with Crippen molar-refractivity contribution in [3.8, 4) is 0 Å². The molecular formula is C19H18FN3O. The Morgan fingerprint density at radius 1 is 1.33 bits per heavy atom. The van der Waals surface area contributed by atoms with E-state index in [1.54, 1.807) is 18.2 Å². The van der Waals surface area contributed by atoms with Gasteiger partial charge in [0.25, 0.3) is 5.56 Å². The lowest BCUT2D eigenvalue weighted by Crippen LogP contribution is -2.23. The van der Waals surface area contributed by atoms with Gasteiger partial charge in [0.1, 0.15) is 12.1 Å². The van der Waals surface area contributed by atoms with Gasteiger partial charge in [-0.25, -0.2) is 14.4 Å². The van der Waals surface area contributed by atoms with E-state index in [9.17, 15) is 9.18 Å². The van der Waals surface area contributed by atoms with Gasteiger partial charge in [-0.2, -0.15) is 0 Å². The molecular weight excluding hydrogens is 305 g/mol. The summed E-state index contributed by atoms with van der Waals surface area (Å²) >= 11 is 0. The molecule has 0 N–H and O–H groups in total. The van der Waals surface area contributed by atoms with Crippen LogP contribution in [0.5, 0.6) is 0 Å². The first-order valence-corrected chi connectivity index (χ1v) is 8.23. The molecule has 1 aromatic carbocycles. The van der Waals surface area contributed by atoms with Crippen LogP contribution in [0.15, 0.2) is 41.5 Å². The molecule has 0 fully saturated rings. The average molecular weight is 323 g/mol. The van der Waals surface area contributed by atoms with Crippen LogP contribution in [0.1, 0.15) is 30.2 Å². The van der Waals surface area contributed by atoms with Crippen LogP contribution in [-0.2, 0) is 19.4 Å². The lowest BCUT2D eigenvalue weighted by Gasteiger charge is -2.20. The molecule has 2 heterocycles. The second-order valence-electron chi connectivity index (χ2n) is 6.58. The predicted molar refractivity (Wildman–Crippen MR) is 90.5 cm³/mol. The van der Waals surface area contributed by atoms with E-state index in [0.717, 1.165) is 30.5 Å². The molecule has 3 aromatic rings. The maximum Gasteiger partial charge on any atom is 0.263 e. The number of nitrogens with zero attached hydrogens (tertiary/aromatic N) is 3. The first-order chi connectivity index (χ1) is 11.6. The summed E-state index contributed by atoms with van der Waals surface area (Å²) in [5.74, 6) is 0.288. The maximum atomic E-state index is 13.8. The lowest BCUT2D eigenvalue weighted by atomic mass is 9.87. The summed E-state index contributed by atoms with van der Waals surface area (Å²) in [5.41, 5.74) is 2.98. The second kappa shape index (κ2) is 5.82. The van der Waals surface area contributed by atoms with Crippen LogP contribution in [0, 0.1) is 11.7 Å². The van der Waals surface area contributed by atoms with Crippen molar-refractivity contribution in [3.63, 3.8) is 0 Å². The Bertz CT molecular complexity index is 980. The third-order valence-corrected chi connectivity index (χ3v) is 4.72. The van der Waals surface area contributed by atoms with Crippen molar-refractivity contribution >= 4 is 11.0 Å². The fraction of sp³-hybridized carbons (Fsp3) is 0.316. The van der Waals surface area contributed by atoms with Gasteiger partial charge in [-0.3, -0.25) is 9.36 Å². The van der Waals surface area contributed by atoms with Gasteiger partial charge in [-0.15, -0.1) is 0 Å². The van der Waals surface area contributed by atoms with Crippen molar-refractivity contribution in [2.24, 2.45) is 5.92 Å². The molecule has 4 nitrogen and oxygen atoms in total. The van der Waals surface area contributed by atoms with Gasteiger partial charge in [0.05, 0.1) is 11.9 Å². The van der Waals surface area contributed by atoms with Gasteiger partial charge in [0.15, 0.2) is 5.65 Å². The molecule has 0 amide bonds. The molecule has 0 unspecified atom stereocenters. The molecule has 0 saturated heterocycles. The monoisotopic (exact) mass is 323 g/mol. The number of fused-ring (bicyclic) bond motifs is 2. The molecule has 0 bridgehead atoms. The van der Waals surface area contributed by atoms with E-state index in [1.165, 1.54) is 17.0 Å². The molecule has 1 aliphatic rings. The molecule has 0 radical (unpaired) electrons. The van der Waals surface area contributed by atoms with Crippen LogP contribution >= 0.6 is 0 Å². The van der Waals surface area contributed by atoms with Crippen molar-refractivity contribution < 1.29 is 4.39 Å². The Balaban J connectivity index is 1.80. The second-order valence-corrected chi connectivity index (χ2v) is 6.58. The zero-order valence-corrected chi connectivity index (χ0v) is 13.5. The standard InChI is InChI=1S/C19H18FN3O/c1-12-6-7-17-14(8-12)9-15-18(22-17)21-11-23(19(15)24)10-13-4-2-3-5-16(13)20/h2-5,9,11-12H,6-8,10H2,1H3/t12-/m1/s1. The van der Waals surface area contributed by atoms with Crippen LogP contribution in [0.3, 0.4) is 0 Å². The Morgan fingerprint density at radius 3 is 3.00 bits per heavy atom. The smallest absolute Gasteiger partial charge is 0.263 e. The molecule has 0 spiro atoms. The molecule has 2 aromatic heterocycles. The van der Waals surface area contributed by atoms with Crippen LogP contribution < -0.4 is 5.56 Å². The summed E-state index contributed by atoms with van der Waals surface area (Å²) < 4.78 is 15.3. The largest absolute Gasteiger partial charge is 0.294 e. The minimum atomic E-state index is -0.318. The fourth-order valence-corrected chi connectivity index (χ4v) is 3.35. The summed E-state index contributed by atoms with van der Waals surface area (Å²) in [7, 11) is 0. The van der Waals surface area contributed by atoms with E-state index < -0.39 is 0 Å². The Morgan fingerprint density at radius 2 is 2.17 bits per heavy atom. The zero-order chi connectivity index (χ0) is 16.7. The van der Waals surface area contributed by atoms with Crippen LogP contribution in [0.25, 0.3) is 11.0 Å². The fourth-order valence-electron chi connectivity index (χ4n) is 3.35. The topological polar surface area (TPSA) is 47.8 Å². The maximum absolute atomic E-state index is 13.8. The number of hydrogen-bond donors (Lipinski definition) is 0. The highest BCUT2D eigenvalue weighted by Gasteiger charge is 2.18. The van der Waals surface area contributed by atoms with Gasteiger partial charge in [-0.1, -0.05) is 25.1 Å². The van der Waals surface area contributed by atoms with E-state index in [-0.39, 0.29) is 17.9 Å². The predicted octanol–water partition coefficient (Wildman–Crippen LogP) is 3.10. The summed E-state index contributed by atoms with van der Waals surface area (Å²) in [4.78, 5) is 21.7. The van der Waals surface area contributed by atoms with Gasteiger partial charge in [-0.05, 0) is 42.9 Å². The number of pyridine rings is 1. The van der Waals surface area contributed by atoms with Crippen LogP contribution in [0.2, 0.25) is 0 Å². The molecule has 1 aliphatic carbocycles. The molecule has 5 heteroatoms. The van der Waals surface area contributed by atoms with Gasteiger partial charge >= 0.3 is 0 Å². The molecule has 1 atom stereocenters. The SMILES string of the molecule is C[C@@H]1CCc2nc3ncn(Cc4ccccc4F)c(=O)c3cc2C1. The van der Waals surface area contributed by atoms with Crippen molar-refractivity contribution in [1.29, 1.82) is 0 Å². The average Bonchev–Trinajstić information content (AvgIpc) is 2.58. The molecule has 0 aliphatic heterocycles. The van der Waals surface area contributed by atoms with Crippen LogP contribution in [-0.4, -0.2) is 14.5 Å². The number of aryl methyl sites for hydroxylation is 1. The molecule has 0 saturated carbocycles. The third kappa shape index (κ3) is 2.60. The van der Waals surface area contributed by atoms with Gasteiger partial charge in [0.2, 0.25) is 0 Å². The number of rotatable bonds is 2. The highest BCUT2D eigenvalue weighted by Crippen LogP contribution is 2.25. The summed E-state index contributed by atoms with van der Waals surface area (Å²) in [6.07, 6.45) is 4.46. The molecule has 4 rings (SSSR count). The third-order valence-electron chi connectivity index (χ3n) is 4.72. The highest BCUT2D eigenvalue weighted by molar-refractivity contribution is 5.74. The Labute approximate surface area is 139 Å². The summed E-state index contributed by atoms with van der Waals surface area (Å²) in [5, 5.41) is 0.515. The number of benzene rings is 1. The zero-order valence-electron chi connectivity index (χ0n) is 13.5. The molecule has 24 heavy (non-hydrogen) atoms. The first kappa shape index (κ1) is 15.0. The number of halogens is 1. The minimum Gasteiger partial charge on any atom is -0.294 e. The van der Waals surface area contributed by atoms with E-state index >= 15 is 0 Å². The van der Waals surface area contributed by atoms with Gasteiger partial charge in [0, 0.05) is 11.3 Å². The summed E-state index contributed by atoms with van der Waals surface area (Å²) in [6, 6.07) is 8.41. The van der Waals surface area contributed by atoms with E-state index in [0.29, 0.717) is 22.5 Å². The summed E-state index contributed by atoms with van der Waals surface area (Å²) in [6.45, 7) is 2.38. The number of hydrogen-bond acceptors (Lipinski definition) is 3. The normalized spacial score (nSPS) is 17.0.